The Kier molecular flexibility index (Phi) is 3.42. The van der Waals surface area contributed by atoms with Gasteiger partial charge in [-0.15, -0.1) is 0 Å². The zero-order valence-electron chi connectivity index (χ0n) is 11.3. The van der Waals surface area contributed by atoms with Gasteiger partial charge in [0.15, 0.2) is 5.82 Å². The number of benzene rings is 1. The lowest BCUT2D eigenvalue weighted by Gasteiger charge is -2.21. The van der Waals surface area contributed by atoms with Crippen LogP contribution in [0, 0.1) is 17.7 Å². The molecule has 1 aromatic rings. The van der Waals surface area contributed by atoms with Gasteiger partial charge in [0.25, 0.3) is 5.91 Å². The van der Waals surface area contributed by atoms with Gasteiger partial charge in [-0.2, -0.15) is 8.42 Å². The van der Waals surface area contributed by atoms with Crippen LogP contribution < -0.4 is 14.3 Å². The minimum Gasteiger partial charge on any atom is -0.506 e. The second kappa shape index (κ2) is 5.15. The molecule has 3 N–H and O–H groups in total. The SMILES string of the molecule is O=C1CN(c2c(O)ccc(C#CC3CCN3)c2F)S(=O)(=O)N1. The number of phenolic OH excluding ortho intramolecular Hbond substituents is 1. The van der Waals surface area contributed by atoms with E-state index in [-0.39, 0.29) is 11.6 Å². The van der Waals surface area contributed by atoms with Gasteiger partial charge >= 0.3 is 10.2 Å². The van der Waals surface area contributed by atoms with Crippen LogP contribution in [0.4, 0.5) is 10.1 Å². The summed E-state index contributed by atoms with van der Waals surface area (Å²) in [4.78, 5) is 11.2. The maximum absolute atomic E-state index is 14.5. The monoisotopic (exact) mass is 325 g/mol. The number of carbonyl (C=O) groups is 1. The Morgan fingerprint density at radius 3 is 2.68 bits per heavy atom. The molecule has 2 fully saturated rings. The lowest BCUT2D eigenvalue weighted by Crippen LogP contribution is -2.41. The topological polar surface area (TPSA) is 98.7 Å². The molecule has 0 bridgehead atoms. The Hall–Kier alpha value is -2.31. The molecule has 2 heterocycles. The van der Waals surface area contributed by atoms with Crippen LogP contribution in [0.25, 0.3) is 0 Å². The van der Waals surface area contributed by atoms with Gasteiger partial charge in [0, 0.05) is 0 Å². The number of hydrogen-bond acceptors (Lipinski definition) is 5. The zero-order valence-corrected chi connectivity index (χ0v) is 12.1. The molecule has 9 heteroatoms. The van der Waals surface area contributed by atoms with Gasteiger partial charge in [-0.3, -0.25) is 4.79 Å². The first kappa shape index (κ1) is 14.6. The van der Waals surface area contributed by atoms with E-state index in [9.17, 15) is 22.7 Å². The quantitative estimate of drug-likeness (QED) is 0.601. The largest absolute Gasteiger partial charge is 0.506 e. The van der Waals surface area contributed by atoms with Crippen molar-refractivity contribution in [1.82, 2.24) is 10.0 Å². The predicted molar refractivity (Wildman–Crippen MR) is 75.8 cm³/mol. The molecule has 1 unspecified atom stereocenters. The van der Waals surface area contributed by atoms with Gasteiger partial charge in [0.2, 0.25) is 0 Å². The summed E-state index contributed by atoms with van der Waals surface area (Å²) in [6.07, 6.45) is 0.860. The molecular weight excluding hydrogens is 313 g/mol. The van der Waals surface area contributed by atoms with E-state index < -0.39 is 39.9 Å². The third kappa shape index (κ3) is 2.47. The number of halogens is 1. The van der Waals surface area contributed by atoms with Gasteiger partial charge in [-0.25, -0.2) is 13.4 Å². The van der Waals surface area contributed by atoms with Crippen molar-refractivity contribution in [3.63, 3.8) is 0 Å². The molecule has 2 aliphatic rings. The molecule has 0 radical (unpaired) electrons. The highest BCUT2D eigenvalue weighted by Crippen LogP contribution is 2.34. The number of nitrogens with zero attached hydrogens (tertiary/aromatic N) is 1. The van der Waals surface area contributed by atoms with Gasteiger partial charge in [-0.05, 0) is 25.1 Å². The van der Waals surface area contributed by atoms with Crippen molar-refractivity contribution >= 4 is 21.8 Å². The van der Waals surface area contributed by atoms with Crippen LogP contribution in [0.15, 0.2) is 12.1 Å². The molecular formula is C13H12FN3O4S. The third-order valence-electron chi connectivity index (χ3n) is 3.37. The molecule has 2 aliphatic heterocycles. The summed E-state index contributed by atoms with van der Waals surface area (Å²) in [6, 6.07) is 2.39. The predicted octanol–water partition coefficient (Wildman–Crippen LogP) is -0.574. The molecule has 0 aromatic heterocycles. The van der Waals surface area contributed by atoms with E-state index in [2.05, 4.69) is 17.2 Å². The Morgan fingerprint density at radius 1 is 1.41 bits per heavy atom. The first-order valence-electron chi connectivity index (χ1n) is 6.48. The van der Waals surface area contributed by atoms with E-state index in [1.807, 2.05) is 0 Å². The van der Waals surface area contributed by atoms with Crippen molar-refractivity contribution in [3.8, 4) is 17.6 Å². The fourth-order valence-corrected chi connectivity index (χ4v) is 3.27. The molecule has 22 heavy (non-hydrogen) atoms. The highest BCUT2D eigenvalue weighted by Gasteiger charge is 2.37. The van der Waals surface area contributed by atoms with E-state index in [1.54, 1.807) is 4.72 Å². The van der Waals surface area contributed by atoms with Crippen molar-refractivity contribution in [2.75, 3.05) is 17.4 Å². The van der Waals surface area contributed by atoms with E-state index in [1.165, 1.54) is 6.07 Å². The van der Waals surface area contributed by atoms with Crippen LogP contribution in [0.3, 0.4) is 0 Å². The number of nitrogens with one attached hydrogen (secondary N) is 2. The van der Waals surface area contributed by atoms with E-state index in [4.69, 9.17) is 0 Å². The van der Waals surface area contributed by atoms with Crippen molar-refractivity contribution < 1.29 is 22.7 Å². The van der Waals surface area contributed by atoms with Crippen LogP contribution >= 0.6 is 0 Å². The fraction of sp³-hybridized carbons (Fsp3) is 0.308. The number of rotatable bonds is 1. The fourth-order valence-electron chi connectivity index (χ4n) is 2.11. The van der Waals surface area contributed by atoms with Crippen molar-refractivity contribution in [3.05, 3.63) is 23.5 Å². The first-order valence-corrected chi connectivity index (χ1v) is 7.92. The Morgan fingerprint density at radius 2 is 2.14 bits per heavy atom. The summed E-state index contributed by atoms with van der Waals surface area (Å²) in [5, 5.41) is 12.8. The molecule has 1 atom stereocenters. The molecule has 3 rings (SSSR count). The smallest absolute Gasteiger partial charge is 0.326 e. The highest BCUT2D eigenvalue weighted by molar-refractivity contribution is 7.92. The van der Waals surface area contributed by atoms with Crippen molar-refractivity contribution in [1.29, 1.82) is 0 Å². The van der Waals surface area contributed by atoms with Crippen LogP contribution in [-0.4, -0.2) is 38.6 Å². The third-order valence-corrected chi connectivity index (χ3v) is 4.75. The Labute approximate surface area is 126 Å². The minimum atomic E-state index is -4.20. The summed E-state index contributed by atoms with van der Waals surface area (Å²) in [7, 11) is -4.20. The molecule has 116 valence electrons. The van der Waals surface area contributed by atoms with E-state index in [0.717, 1.165) is 19.0 Å². The molecule has 1 aromatic carbocycles. The van der Waals surface area contributed by atoms with Crippen LogP contribution in [0.1, 0.15) is 12.0 Å². The summed E-state index contributed by atoms with van der Waals surface area (Å²) >= 11 is 0. The first-order chi connectivity index (χ1) is 10.4. The molecule has 1 amide bonds. The molecule has 7 nitrogen and oxygen atoms in total. The molecule has 2 saturated heterocycles. The van der Waals surface area contributed by atoms with Gasteiger partial charge in [0.05, 0.1) is 11.6 Å². The maximum Gasteiger partial charge on any atom is 0.326 e. The molecule has 0 aliphatic carbocycles. The van der Waals surface area contributed by atoms with Gasteiger partial charge < -0.3 is 10.4 Å². The molecule has 0 saturated carbocycles. The van der Waals surface area contributed by atoms with Crippen LogP contribution in [0.2, 0.25) is 0 Å². The zero-order chi connectivity index (χ0) is 15.9. The number of phenols is 1. The Balaban J connectivity index is 2.03. The number of hydrogen-bond donors (Lipinski definition) is 3. The summed E-state index contributed by atoms with van der Waals surface area (Å²) in [5.74, 6) is 3.07. The van der Waals surface area contributed by atoms with Crippen LogP contribution in [-0.2, 0) is 15.0 Å². The van der Waals surface area contributed by atoms with Crippen molar-refractivity contribution in [2.24, 2.45) is 0 Å². The standard InChI is InChI=1S/C13H12FN3O4S/c14-12-8(1-3-9-5-6-15-9)2-4-10(18)13(12)17-7-11(19)16-22(17,20)21/h2,4,9,15,18H,5-7H2,(H,16,19). The van der Waals surface area contributed by atoms with E-state index >= 15 is 0 Å². The number of anilines is 1. The Bertz CT molecular complexity index is 809. The lowest BCUT2D eigenvalue weighted by molar-refractivity contribution is -0.117. The van der Waals surface area contributed by atoms with Gasteiger partial charge in [-0.1, -0.05) is 11.8 Å². The highest BCUT2D eigenvalue weighted by atomic mass is 32.2. The summed E-state index contributed by atoms with van der Waals surface area (Å²) in [5.41, 5.74) is -0.622. The van der Waals surface area contributed by atoms with Crippen LogP contribution in [0.5, 0.6) is 5.75 Å². The normalized spacial score (nSPS) is 22.5. The summed E-state index contributed by atoms with van der Waals surface area (Å²) < 4.78 is 40.3. The van der Waals surface area contributed by atoms with E-state index in [0.29, 0.717) is 4.31 Å². The second-order valence-corrected chi connectivity index (χ2v) is 6.49. The minimum absolute atomic E-state index is 0.0181. The summed E-state index contributed by atoms with van der Waals surface area (Å²) in [6.45, 7) is 0.260. The van der Waals surface area contributed by atoms with Crippen molar-refractivity contribution in [2.45, 2.75) is 12.5 Å². The number of amides is 1. The van der Waals surface area contributed by atoms with Gasteiger partial charge in [0.1, 0.15) is 18.0 Å². The average molecular weight is 325 g/mol. The number of aromatic hydroxyl groups is 1. The lowest BCUT2D eigenvalue weighted by atomic mass is 10.1. The number of carbonyl (C=O) groups excluding carboxylic acids is 1. The average Bonchev–Trinajstić information content (AvgIpc) is 2.63. The second-order valence-electron chi connectivity index (χ2n) is 4.90. The maximum atomic E-state index is 14.5. The molecule has 0 spiro atoms.